The van der Waals surface area contributed by atoms with E-state index >= 15 is 0 Å². The minimum Gasteiger partial charge on any atom is -0.294 e. The molecule has 2 nitrogen and oxygen atoms in total. The van der Waals surface area contributed by atoms with E-state index in [-0.39, 0.29) is 5.78 Å². The molecule has 0 atom stereocenters. The molecule has 2 heteroatoms. The molecule has 0 aliphatic carbocycles. The molecule has 0 aliphatic heterocycles. The van der Waals surface area contributed by atoms with Crippen molar-refractivity contribution in [2.24, 2.45) is 0 Å². The molecule has 0 unspecified atom stereocenters. The third kappa shape index (κ3) is 3.43. The van der Waals surface area contributed by atoms with Crippen LogP contribution in [0.1, 0.15) is 34.0 Å². The van der Waals surface area contributed by atoms with Gasteiger partial charge in [-0.3, -0.25) is 9.78 Å². The highest BCUT2D eigenvalue weighted by molar-refractivity contribution is 5.98. The minimum atomic E-state index is 0.146. The molecule has 0 amide bonds. The van der Waals surface area contributed by atoms with Gasteiger partial charge in [-0.2, -0.15) is 0 Å². The van der Waals surface area contributed by atoms with Crippen LogP contribution in [0.3, 0.4) is 0 Å². The first-order valence-electron chi connectivity index (χ1n) is 8.31. The Balaban J connectivity index is 1.82. The number of ketones is 1. The van der Waals surface area contributed by atoms with Gasteiger partial charge in [-0.25, -0.2) is 0 Å². The van der Waals surface area contributed by atoms with Gasteiger partial charge in [-0.1, -0.05) is 61.5 Å². The number of carbonyl (C=O) groups excluding carboxylic acids is 1. The van der Waals surface area contributed by atoms with E-state index in [0.29, 0.717) is 6.42 Å². The van der Waals surface area contributed by atoms with Gasteiger partial charge in [0.1, 0.15) is 0 Å². The first-order valence-corrected chi connectivity index (χ1v) is 8.31. The normalized spacial score (nSPS) is 10.6. The van der Waals surface area contributed by atoms with Gasteiger partial charge in [0.25, 0.3) is 0 Å². The summed E-state index contributed by atoms with van der Waals surface area (Å²) >= 11 is 0. The summed E-state index contributed by atoms with van der Waals surface area (Å²) in [7, 11) is 0. The van der Waals surface area contributed by atoms with Crippen molar-refractivity contribution < 1.29 is 4.79 Å². The van der Waals surface area contributed by atoms with Crippen LogP contribution < -0.4 is 0 Å². The van der Waals surface area contributed by atoms with Gasteiger partial charge in [0.05, 0.1) is 5.69 Å². The van der Waals surface area contributed by atoms with E-state index in [2.05, 4.69) is 18.0 Å². The van der Waals surface area contributed by atoms with Crippen molar-refractivity contribution in [2.45, 2.75) is 26.7 Å². The monoisotopic (exact) mass is 315 g/mol. The third-order valence-electron chi connectivity index (χ3n) is 4.36. The topological polar surface area (TPSA) is 30.0 Å². The van der Waals surface area contributed by atoms with E-state index in [1.807, 2.05) is 67.7 Å². The molecular formula is C22H21NO. The fourth-order valence-corrected chi connectivity index (χ4v) is 2.88. The molecule has 2 aromatic carbocycles. The molecule has 0 spiro atoms. The summed E-state index contributed by atoms with van der Waals surface area (Å²) < 4.78 is 0. The summed E-state index contributed by atoms with van der Waals surface area (Å²) in [4.78, 5) is 17.0. The second-order valence-electron chi connectivity index (χ2n) is 5.97. The van der Waals surface area contributed by atoms with Gasteiger partial charge in [0, 0.05) is 23.7 Å². The maximum Gasteiger partial charge on any atom is 0.167 e. The first-order chi connectivity index (χ1) is 11.7. The second kappa shape index (κ2) is 7.22. The highest BCUT2D eigenvalue weighted by atomic mass is 16.1. The Morgan fingerprint density at radius 3 is 2.33 bits per heavy atom. The van der Waals surface area contributed by atoms with E-state index in [1.54, 1.807) is 0 Å². The molecule has 120 valence electrons. The number of nitrogens with zero attached hydrogens (tertiary/aromatic N) is 1. The third-order valence-corrected chi connectivity index (χ3v) is 4.36. The van der Waals surface area contributed by atoms with Crippen molar-refractivity contribution in [3.05, 3.63) is 89.1 Å². The predicted molar refractivity (Wildman–Crippen MR) is 98.3 cm³/mol. The molecule has 0 radical (unpaired) electrons. The lowest BCUT2D eigenvalue weighted by Gasteiger charge is -2.08. The smallest absolute Gasteiger partial charge is 0.167 e. The molecule has 24 heavy (non-hydrogen) atoms. The van der Waals surface area contributed by atoms with E-state index in [0.717, 1.165) is 34.4 Å². The lowest BCUT2D eigenvalue weighted by Crippen LogP contribution is -2.04. The van der Waals surface area contributed by atoms with Crippen LogP contribution in [0, 0.1) is 6.92 Å². The molecule has 0 saturated carbocycles. The van der Waals surface area contributed by atoms with Gasteiger partial charge < -0.3 is 0 Å². The van der Waals surface area contributed by atoms with Gasteiger partial charge in [-0.15, -0.1) is 0 Å². The summed E-state index contributed by atoms with van der Waals surface area (Å²) in [6.45, 7) is 4.17. The van der Waals surface area contributed by atoms with Crippen LogP contribution in [0.5, 0.6) is 0 Å². The first kappa shape index (κ1) is 16.1. The molecule has 0 fully saturated rings. The minimum absolute atomic E-state index is 0.146. The van der Waals surface area contributed by atoms with Crippen molar-refractivity contribution in [3.63, 3.8) is 0 Å². The van der Waals surface area contributed by atoms with Crippen molar-refractivity contribution in [1.29, 1.82) is 0 Å². The summed E-state index contributed by atoms with van der Waals surface area (Å²) in [5.41, 5.74) is 6.26. The molecule has 0 bridgehead atoms. The number of aromatic nitrogens is 1. The number of rotatable bonds is 5. The molecular weight excluding hydrogens is 294 g/mol. The maximum absolute atomic E-state index is 12.5. The quantitative estimate of drug-likeness (QED) is 0.617. The van der Waals surface area contributed by atoms with Crippen LogP contribution in [0.15, 0.2) is 66.9 Å². The second-order valence-corrected chi connectivity index (χ2v) is 5.97. The van der Waals surface area contributed by atoms with Crippen molar-refractivity contribution in [2.75, 3.05) is 0 Å². The van der Waals surface area contributed by atoms with E-state index in [1.165, 1.54) is 5.56 Å². The number of Topliss-reactive ketones (excluding diaryl/α,β-unsaturated/α-hetero) is 1. The molecule has 3 aromatic rings. The Labute approximate surface area is 143 Å². The zero-order chi connectivity index (χ0) is 16.9. The summed E-state index contributed by atoms with van der Waals surface area (Å²) in [6.07, 6.45) is 3.19. The lowest BCUT2D eigenvalue weighted by molar-refractivity contribution is 0.0993. The van der Waals surface area contributed by atoms with Crippen molar-refractivity contribution in [1.82, 2.24) is 4.98 Å². The van der Waals surface area contributed by atoms with Crippen molar-refractivity contribution in [3.8, 4) is 11.3 Å². The molecule has 3 rings (SSSR count). The van der Waals surface area contributed by atoms with Gasteiger partial charge >= 0.3 is 0 Å². The fourth-order valence-electron chi connectivity index (χ4n) is 2.88. The van der Waals surface area contributed by atoms with Gasteiger partial charge in [0.15, 0.2) is 5.78 Å². The standard InChI is InChI=1S/C22H21NO/c1-3-17-9-6-14-23-22(17)19-12-10-18(11-13-19)21(24)15-20-8-5-4-7-16(20)2/h4-14H,3,15H2,1-2H3. The molecule has 0 aliphatic rings. The zero-order valence-corrected chi connectivity index (χ0v) is 14.1. The van der Waals surface area contributed by atoms with E-state index in [4.69, 9.17) is 0 Å². The maximum atomic E-state index is 12.5. The van der Waals surface area contributed by atoms with Crippen LogP contribution in [-0.2, 0) is 12.8 Å². The molecule has 1 heterocycles. The molecule has 0 saturated heterocycles. The van der Waals surface area contributed by atoms with Crippen LogP contribution in [0.4, 0.5) is 0 Å². The largest absolute Gasteiger partial charge is 0.294 e. The molecule has 1 aromatic heterocycles. The Morgan fingerprint density at radius 2 is 1.62 bits per heavy atom. The lowest BCUT2D eigenvalue weighted by atomic mass is 9.97. The van der Waals surface area contributed by atoms with Crippen LogP contribution in [-0.4, -0.2) is 10.8 Å². The number of hydrogen-bond acceptors (Lipinski definition) is 2. The Bertz CT molecular complexity index is 850. The van der Waals surface area contributed by atoms with E-state index in [9.17, 15) is 4.79 Å². The fraction of sp³-hybridized carbons (Fsp3) is 0.182. The van der Waals surface area contributed by atoms with Gasteiger partial charge in [-0.05, 0) is 36.1 Å². The number of pyridine rings is 1. The summed E-state index contributed by atoms with van der Waals surface area (Å²) in [5, 5.41) is 0. The average molecular weight is 315 g/mol. The highest BCUT2D eigenvalue weighted by Crippen LogP contribution is 2.22. The Morgan fingerprint density at radius 1 is 0.917 bits per heavy atom. The Hall–Kier alpha value is -2.74. The van der Waals surface area contributed by atoms with E-state index < -0.39 is 0 Å². The summed E-state index contributed by atoms with van der Waals surface area (Å²) in [5.74, 6) is 0.146. The van der Waals surface area contributed by atoms with Crippen LogP contribution in [0.25, 0.3) is 11.3 Å². The highest BCUT2D eigenvalue weighted by Gasteiger charge is 2.10. The predicted octanol–water partition coefficient (Wildman–Crippen LogP) is 5.04. The zero-order valence-electron chi connectivity index (χ0n) is 14.1. The number of hydrogen-bond donors (Lipinski definition) is 0. The number of aryl methyl sites for hydroxylation is 2. The number of carbonyl (C=O) groups is 1. The Kier molecular flexibility index (Phi) is 4.85. The van der Waals surface area contributed by atoms with Crippen molar-refractivity contribution >= 4 is 5.78 Å². The van der Waals surface area contributed by atoms with Crippen LogP contribution >= 0.6 is 0 Å². The molecule has 0 N–H and O–H groups in total. The average Bonchev–Trinajstić information content (AvgIpc) is 2.63. The van der Waals surface area contributed by atoms with Crippen LogP contribution in [0.2, 0.25) is 0 Å². The SMILES string of the molecule is CCc1cccnc1-c1ccc(C(=O)Cc2ccccc2C)cc1. The number of benzene rings is 2. The van der Waals surface area contributed by atoms with Gasteiger partial charge in [0.2, 0.25) is 0 Å². The summed E-state index contributed by atoms with van der Waals surface area (Å²) in [6, 6.07) is 19.9.